The second kappa shape index (κ2) is 4.54. The number of aryl methyl sites for hydroxylation is 2. The summed E-state index contributed by atoms with van der Waals surface area (Å²) in [5.41, 5.74) is 3.85. The first-order valence-corrected chi connectivity index (χ1v) is 8.12. The number of likely N-dealkylation sites (tertiary alicyclic amines) is 1. The molecule has 0 aromatic carbocycles. The SMILES string of the molecule is Cc1nn(C)c2cnc([C@@]34CCCC[C@@H]3N(C)CC4)cc12. The monoisotopic (exact) mass is 284 g/mol. The van der Waals surface area contributed by atoms with Crippen LogP contribution in [0.5, 0.6) is 0 Å². The summed E-state index contributed by atoms with van der Waals surface area (Å²) in [4.78, 5) is 7.44. The molecule has 21 heavy (non-hydrogen) atoms. The molecule has 1 saturated carbocycles. The van der Waals surface area contributed by atoms with Crippen molar-refractivity contribution in [1.29, 1.82) is 0 Å². The van der Waals surface area contributed by atoms with Crippen molar-refractivity contribution in [2.75, 3.05) is 13.6 Å². The standard InChI is InChI=1S/C17H24N4/c1-12-13-10-15(18-11-14(13)21(3)19-12)17-7-5-4-6-16(17)20(2)9-8-17/h10-11,16H,4-9H2,1-3H3/t16-,17-/m0/s1. The predicted octanol–water partition coefficient (Wildman–Crippen LogP) is 2.79. The first-order chi connectivity index (χ1) is 10.1. The van der Waals surface area contributed by atoms with E-state index in [9.17, 15) is 0 Å². The summed E-state index contributed by atoms with van der Waals surface area (Å²) < 4.78 is 1.94. The van der Waals surface area contributed by atoms with Gasteiger partial charge in [-0.25, -0.2) is 0 Å². The van der Waals surface area contributed by atoms with Gasteiger partial charge < -0.3 is 4.90 Å². The van der Waals surface area contributed by atoms with Crippen LogP contribution in [0.15, 0.2) is 12.3 Å². The largest absolute Gasteiger partial charge is 0.302 e. The molecule has 2 aromatic rings. The molecule has 0 radical (unpaired) electrons. The molecule has 1 saturated heterocycles. The van der Waals surface area contributed by atoms with Crippen molar-refractivity contribution in [2.24, 2.45) is 7.05 Å². The van der Waals surface area contributed by atoms with E-state index < -0.39 is 0 Å². The van der Waals surface area contributed by atoms with Gasteiger partial charge in [-0.2, -0.15) is 5.10 Å². The van der Waals surface area contributed by atoms with Gasteiger partial charge in [0.15, 0.2) is 0 Å². The maximum absolute atomic E-state index is 4.89. The van der Waals surface area contributed by atoms with Crippen molar-refractivity contribution in [3.8, 4) is 0 Å². The van der Waals surface area contributed by atoms with Crippen LogP contribution in [0, 0.1) is 6.92 Å². The fourth-order valence-corrected chi connectivity index (χ4v) is 4.71. The van der Waals surface area contributed by atoms with Gasteiger partial charge >= 0.3 is 0 Å². The van der Waals surface area contributed by atoms with Gasteiger partial charge in [0.05, 0.1) is 17.4 Å². The Balaban J connectivity index is 1.86. The molecular formula is C17H24N4. The Kier molecular flexibility index (Phi) is 2.86. The van der Waals surface area contributed by atoms with E-state index in [0.29, 0.717) is 6.04 Å². The Morgan fingerprint density at radius 1 is 1.24 bits per heavy atom. The molecule has 2 atom stereocenters. The number of pyridine rings is 1. The average Bonchev–Trinajstić information content (AvgIpc) is 2.99. The lowest BCUT2D eigenvalue weighted by atomic mass is 9.68. The molecular weight excluding hydrogens is 260 g/mol. The Bertz CT molecular complexity index is 685. The van der Waals surface area contributed by atoms with E-state index >= 15 is 0 Å². The molecule has 0 amide bonds. The predicted molar refractivity (Wildman–Crippen MR) is 84.4 cm³/mol. The zero-order chi connectivity index (χ0) is 14.6. The third-order valence-electron chi connectivity index (χ3n) is 5.86. The van der Waals surface area contributed by atoms with Gasteiger partial charge in [-0.3, -0.25) is 9.67 Å². The first kappa shape index (κ1) is 13.3. The molecule has 112 valence electrons. The topological polar surface area (TPSA) is 34.0 Å². The van der Waals surface area contributed by atoms with E-state index in [0.717, 1.165) is 11.2 Å². The molecule has 4 heteroatoms. The third kappa shape index (κ3) is 1.78. The molecule has 4 nitrogen and oxygen atoms in total. The van der Waals surface area contributed by atoms with Crippen molar-refractivity contribution < 1.29 is 0 Å². The van der Waals surface area contributed by atoms with E-state index in [1.165, 1.54) is 49.7 Å². The second-order valence-electron chi connectivity index (χ2n) is 6.94. The number of hydrogen-bond acceptors (Lipinski definition) is 3. The fraction of sp³-hybridized carbons (Fsp3) is 0.647. The van der Waals surface area contributed by atoms with Crippen LogP contribution in [0.3, 0.4) is 0 Å². The minimum absolute atomic E-state index is 0.281. The van der Waals surface area contributed by atoms with Crippen LogP contribution in [-0.4, -0.2) is 39.3 Å². The van der Waals surface area contributed by atoms with Crippen LogP contribution in [0.25, 0.3) is 10.9 Å². The molecule has 4 rings (SSSR count). The third-order valence-corrected chi connectivity index (χ3v) is 5.86. The van der Waals surface area contributed by atoms with Gasteiger partial charge in [0.25, 0.3) is 0 Å². The fourth-order valence-electron chi connectivity index (χ4n) is 4.71. The number of aromatic nitrogens is 3. The van der Waals surface area contributed by atoms with Crippen molar-refractivity contribution in [3.63, 3.8) is 0 Å². The summed E-state index contributed by atoms with van der Waals surface area (Å²) in [6.45, 7) is 3.30. The van der Waals surface area contributed by atoms with E-state index in [2.05, 4.69) is 30.0 Å². The highest BCUT2D eigenvalue weighted by atomic mass is 15.3. The molecule has 0 unspecified atom stereocenters. The van der Waals surface area contributed by atoms with Crippen LogP contribution in [-0.2, 0) is 12.5 Å². The summed E-state index contributed by atoms with van der Waals surface area (Å²) in [6, 6.07) is 3.00. The average molecular weight is 284 g/mol. The van der Waals surface area contributed by atoms with Crippen molar-refractivity contribution >= 4 is 10.9 Å². The lowest BCUT2D eigenvalue weighted by molar-refractivity contribution is 0.178. The number of nitrogens with zero attached hydrogens (tertiary/aromatic N) is 4. The molecule has 2 aromatic heterocycles. The lowest BCUT2D eigenvalue weighted by Crippen LogP contribution is -2.44. The number of fused-ring (bicyclic) bond motifs is 2. The second-order valence-corrected chi connectivity index (χ2v) is 6.94. The van der Waals surface area contributed by atoms with Crippen LogP contribution in [0.2, 0.25) is 0 Å². The zero-order valence-corrected chi connectivity index (χ0v) is 13.3. The van der Waals surface area contributed by atoms with Crippen LogP contribution < -0.4 is 0 Å². The summed E-state index contributed by atoms with van der Waals surface area (Å²) >= 11 is 0. The summed E-state index contributed by atoms with van der Waals surface area (Å²) in [5.74, 6) is 0. The highest BCUT2D eigenvalue weighted by Crippen LogP contribution is 2.48. The van der Waals surface area contributed by atoms with E-state index in [-0.39, 0.29) is 5.41 Å². The molecule has 0 spiro atoms. The smallest absolute Gasteiger partial charge is 0.0865 e. The maximum Gasteiger partial charge on any atom is 0.0865 e. The van der Waals surface area contributed by atoms with Crippen LogP contribution in [0.1, 0.15) is 43.5 Å². The van der Waals surface area contributed by atoms with Crippen LogP contribution in [0.4, 0.5) is 0 Å². The highest BCUT2D eigenvalue weighted by Gasteiger charge is 2.49. The van der Waals surface area contributed by atoms with E-state index in [1.54, 1.807) is 0 Å². The maximum atomic E-state index is 4.89. The Morgan fingerprint density at radius 3 is 2.95 bits per heavy atom. The minimum Gasteiger partial charge on any atom is -0.302 e. The van der Waals surface area contributed by atoms with Gasteiger partial charge in [0, 0.05) is 29.6 Å². The van der Waals surface area contributed by atoms with E-state index in [4.69, 9.17) is 4.98 Å². The Hall–Kier alpha value is -1.42. The summed E-state index contributed by atoms with van der Waals surface area (Å²) in [6.07, 6.45) is 8.61. The Labute approximate surface area is 126 Å². The number of hydrogen-bond donors (Lipinski definition) is 0. The molecule has 1 aliphatic heterocycles. The van der Waals surface area contributed by atoms with Crippen molar-refractivity contribution in [1.82, 2.24) is 19.7 Å². The Morgan fingerprint density at radius 2 is 2.10 bits per heavy atom. The molecule has 0 N–H and O–H groups in total. The number of rotatable bonds is 1. The zero-order valence-electron chi connectivity index (χ0n) is 13.3. The van der Waals surface area contributed by atoms with E-state index in [1.807, 2.05) is 17.9 Å². The van der Waals surface area contributed by atoms with Crippen molar-refractivity contribution in [2.45, 2.75) is 50.5 Å². The normalized spacial score (nSPS) is 30.0. The van der Waals surface area contributed by atoms with Gasteiger partial charge in [-0.15, -0.1) is 0 Å². The molecule has 0 bridgehead atoms. The van der Waals surface area contributed by atoms with Crippen molar-refractivity contribution in [3.05, 3.63) is 23.7 Å². The quantitative estimate of drug-likeness (QED) is 0.807. The molecule has 3 heterocycles. The summed E-state index contributed by atoms with van der Waals surface area (Å²) in [7, 11) is 4.29. The summed E-state index contributed by atoms with van der Waals surface area (Å²) in [5, 5.41) is 5.81. The van der Waals surface area contributed by atoms with Crippen LogP contribution >= 0.6 is 0 Å². The van der Waals surface area contributed by atoms with Gasteiger partial charge in [-0.05, 0) is 45.8 Å². The molecule has 2 fully saturated rings. The molecule has 2 aliphatic rings. The molecule has 1 aliphatic carbocycles. The van der Waals surface area contributed by atoms with Gasteiger partial charge in [0.1, 0.15) is 0 Å². The minimum atomic E-state index is 0.281. The first-order valence-electron chi connectivity index (χ1n) is 8.12. The number of likely N-dealkylation sites (N-methyl/N-ethyl adjacent to an activating group) is 1. The van der Waals surface area contributed by atoms with Gasteiger partial charge in [0.2, 0.25) is 0 Å². The van der Waals surface area contributed by atoms with Gasteiger partial charge in [-0.1, -0.05) is 12.8 Å². The highest BCUT2D eigenvalue weighted by molar-refractivity contribution is 5.81. The lowest BCUT2D eigenvalue weighted by Gasteiger charge is -2.40.